The van der Waals surface area contributed by atoms with E-state index in [0.29, 0.717) is 12.4 Å². The quantitative estimate of drug-likeness (QED) is 0.721. The minimum atomic E-state index is -0.139. The van der Waals surface area contributed by atoms with Gasteiger partial charge in [-0.25, -0.2) is 9.78 Å². The number of aromatic nitrogens is 4. The van der Waals surface area contributed by atoms with E-state index < -0.39 is 0 Å². The molecule has 1 saturated heterocycles. The van der Waals surface area contributed by atoms with Gasteiger partial charge in [0.1, 0.15) is 12.4 Å². The number of fused-ring (bicyclic) bond motifs is 1. The molecular formula is C18H22N6O2S. The number of rotatable bonds is 3. The molecular weight excluding hydrogens is 364 g/mol. The Morgan fingerprint density at radius 2 is 2.26 bits per heavy atom. The second-order valence-electron chi connectivity index (χ2n) is 6.82. The summed E-state index contributed by atoms with van der Waals surface area (Å²) >= 11 is 1.62. The Kier molecular flexibility index (Phi) is 4.79. The van der Waals surface area contributed by atoms with Crippen molar-refractivity contribution in [2.75, 3.05) is 18.4 Å². The predicted octanol–water partition coefficient (Wildman–Crippen LogP) is 2.64. The average molecular weight is 386 g/mol. The SMILES string of the molecule is Cc1nc2ccc(NC(=O)N3CCC[C@@H](c4nnc(CO)n4C)C3)cc2s1. The zero-order chi connectivity index (χ0) is 19.0. The minimum Gasteiger partial charge on any atom is -0.388 e. The molecule has 2 N–H and O–H groups in total. The van der Waals surface area contributed by atoms with E-state index in [-0.39, 0.29) is 18.6 Å². The number of carbonyl (C=O) groups is 1. The molecule has 0 bridgehead atoms. The van der Waals surface area contributed by atoms with Gasteiger partial charge in [0.15, 0.2) is 5.82 Å². The van der Waals surface area contributed by atoms with E-state index >= 15 is 0 Å². The third-order valence-electron chi connectivity index (χ3n) is 4.96. The third-order valence-corrected chi connectivity index (χ3v) is 5.89. The molecule has 2 aromatic heterocycles. The first-order valence-corrected chi connectivity index (χ1v) is 9.79. The van der Waals surface area contributed by atoms with Gasteiger partial charge in [0.05, 0.1) is 15.2 Å². The number of thiazole rings is 1. The number of likely N-dealkylation sites (tertiary alicyclic amines) is 1. The smallest absolute Gasteiger partial charge is 0.321 e. The lowest BCUT2D eigenvalue weighted by Crippen LogP contribution is -2.42. The molecule has 9 heteroatoms. The van der Waals surface area contributed by atoms with Crippen LogP contribution in [0.4, 0.5) is 10.5 Å². The number of piperidine rings is 1. The van der Waals surface area contributed by atoms with Gasteiger partial charge in [-0.3, -0.25) is 0 Å². The van der Waals surface area contributed by atoms with Gasteiger partial charge in [-0.2, -0.15) is 0 Å². The highest BCUT2D eigenvalue weighted by molar-refractivity contribution is 7.18. The molecule has 1 aliphatic heterocycles. The number of amides is 2. The molecule has 0 saturated carbocycles. The van der Waals surface area contributed by atoms with E-state index in [1.165, 1.54) is 0 Å². The van der Waals surface area contributed by atoms with E-state index in [9.17, 15) is 9.90 Å². The number of nitrogens with zero attached hydrogens (tertiary/aromatic N) is 5. The molecule has 8 nitrogen and oxygen atoms in total. The Morgan fingerprint density at radius 3 is 3.04 bits per heavy atom. The Morgan fingerprint density at radius 1 is 1.41 bits per heavy atom. The fourth-order valence-electron chi connectivity index (χ4n) is 3.56. The first kappa shape index (κ1) is 17.9. The summed E-state index contributed by atoms with van der Waals surface area (Å²) in [5.74, 6) is 1.48. The highest BCUT2D eigenvalue weighted by Crippen LogP contribution is 2.28. The largest absolute Gasteiger partial charge is 0.388 e. The number of aryl methyl sites for hydroxylation is 1. The van der Waals surface area contributed by atoms with Crippen molar-refractivity contribution in [2.45, 2.75) is 32.3 Å². The maximum Gasteiger partial charge on any atom is 0.321 e. The average Bonchev–Trinajstić information content (AvgIpc) is 3.22. The van der Waals surface area contributed by atoms with Crippen LogP contribution in [0.25, 0.3) is 10.2 Å². The molecule has 3 aromatic rings. The molecule has 1 aliphatic rings. The number of hydrogen-bond donors (Lipinski definition) is 2. The van der Waals surface area contributed by atoms with Crippen molar-refractivity contribution in [1.82, 2.24) is 24.6 Å². The lowest BCUT2D eigenvalue weighted by Gasteiger charge is -2.32. The summed E-state index contributed by atoms with van der Waals surface area (Å²) in [4.78, 5) is 19.0. The normalized spacial score (nSPS) is 17.4. The molecule has 0 unspecified atom stereocenters. The number of anilines is 1. The Hall–Kier alpha value is -2.52. The molecule has 1 atom stereocenters. The van der Waals surface area contributed by atoms with Crippen LogP contribution in [0.1, 0.15) is 35.4 Å². The van der Waals surface area contributed by atoms with Crippen molar-refractivity contribution < 1.29 is 9.90 Å². The third kappa shape index (κ3) is 3.52. The van der Waals surface area contributed by atoms with E-state index in [2.05, 4.69) is 20.5 Å². The van der Waals surface area contributed by atoms with E-state index in [0.717, 1.165) is 46.1 Å². The molecule has 1 fully saturated rings. The zero-order valence-corrected chi connectivity index (χ0v) is 16.2. The summed E-state index contributed by atoms with van der Waals surface area (Å²) in [6, 6.07) is 5.68. The number of aliphatic hydroxyl groups is 1. The van der Waals surface area contributed by atoms with Gasteiger partial charge >= 0.3 is 6.03 Å². The molecule has 4 rings (SSSR count). The Balaban J connectivity index is 1.46. The Labute approximate surface area is 160 Å². The first-order valence-electron chi connectivity index (χ1n) is 8.97. The highest BCUT2D eigenvalue weighted by Gasteiger charge is 2.28. The van der Waals surface area contributed by atoms with Crippen LogP contribution >= 0.6 is 11.3 Å². The molecule has 2 amide bonds. The summed E-state index contributed by atoms with van der Waals surface area (Å²) in [6.45, 7) is 3.14. The maximum atomic E-state index is 12.8. The van der Waals surface area contributed by atoms with Gasteiger partial charge in [0.2, 0.25) is 0 Å². The van der Waals surface area contributed by atoms with Crippen molar-refractivity contribution >= 4 is 33.3 Å². The second-order valence-corrected chi connectivity index (χ2v) is 8.06. The van der Waals surface area contributed by atoms with Crippen LogP contribution in [0.2, 0.25) is 0 Å². The molecule has 0 aliphatic carbocycles. The van der Waals surface area contributed by atoms with E-state index in [1.54, 1.807) is 11.3 Å². The Bertz CT molecular complexity index is 982. The monoisotopic (exact) mass is 386 g/mol. The van der Waals surface area contributed by atoms with Crippen LogP contribution in [-0.2, 0) is 13.7 Å². The van der Waals surface area contributed by atoms with Crippen LogP contribution in [-0.4, -0.2) is 48.9 Å². The fourth-order valence-corrected chi connectivity index (χ4v) is 4.43. The number of urea groups is 1. The topological polar surface area (TPSA) is 96.2 Å². The van der Waals surface area contributed by atoms with Gasteiger partial charge in [-0.05, 0) is 38.0 Å². The first-order chi connectivity index (χ1) is 13.0. The summed E-state index contributed by atoms with van der Waals surface area (Å²) < 4.78 is 2.89. The maximum absolute atomic E-state index is 12.8. The molecule has 142 valence electrons. The summed E-state index contributed by atoms with van der Waals surface area (Å²) in [5, 5.41) is 21.6. The van der Waals surface area contributed by atoms with Crippen molar-refractivity contribution in [3.63, 3.8) is 0 Å². The van der Waals surface area contributed by atoms with Gasteiger partial charge in [-0.1, -0.05) is 0 Å². The van der Waals surface area contributed by atoms with Crippen LogP contribution in [0.3, 0.4) is 0 Å². The predicted molar refractivity (Wildman–Crippen MR) is 104 cm³/mol. The molecule has 0 spiro atoms. The fraction of sp³-hybridized carbons (Fsp3) is 0.444. The van der Waals surface area contributed by atoms with E-state index in [1.807, 2.05) is 41.6 Å². The zero-order valence-electron chi connectivity index (χ0n) is 15.3. The molecule has 0 radical (unpaired) electrons. The van der Waals surface area contributed by atoms with Crippen molar-refractivity contribution in [2.24, 2.45) is 7.05 Å². The molecule has 1 aromatic carbocycles. The number of carbonyl (C=O) groups excluding carboxylic acids is 1. The number of aliphatic hydroxyl groups excluding tert-OH is 1. The summed E-state index contributed by atoms with van der Waals surface area (Å²) in [6.07, 6.45) is 1.86. The van der Waals surface area contributed by atoms with Crippen molar-refractivity contribution in [3.8, 4) is 0 Å². The summed E-state index contributed by atoms with van der Waals surface area (Å²) in [7, 11) is 1.85. The second kappa shape index (κ2) is 7.24. The van der Waals surface area contributed by atoms with Crippen LogP contribution < -0.4 is 5.32 Å². The lowest BCUT2D eigenvalue weighted by molar-refractivity contribution is 0.190. The number of benzene rings is 1. The van der Waals surface area contributed by atoms with Crippen LogP contribution in [0.15, 0.2) is 18.2 Å². The number of hydrogen-bond acceptors (Lipinski definition) is 6. The van der Waals surface area contributed by atoms with Crippen molar-refractivity contribution in [3.05, 3.63) is 34.9 Å². The van der Waals surface area contributed by atoms with Gasteiger partial charge < -0.3 is 19.9 Å². The van der Waals surface area contributed by atoms with Crippen molar-refractivity contribution in [1.29, 1.82) is 0 Å². The van der Waals surface area contributed by atoms with E-state index in [4.69, 9.17) is 0 Å². The number of nitrogens with one attached hydrogen (secondary N) is 1. The van der Waals surface area contributed by atoms with Crippen LogP contribution in [0, 0.1) is 6.92 Å². The van der Waals surface area contributed by atoms with Crippen LogP contribution in [0.5, 0.6) is 0 Å². The molecule has 27 heavy (non-hydrogen) atoms. The molecule has 3 heterocycles. The van der Waals surface area contributed by atoms with Gasteiger partial charge in [0, 0.05) is 31.7 Å². The standard InChI is InChI=1S/C18H22N6O2S/c1-11-19-14-6-5-13(8-15(14)27-11)20-18(26)24-7-3-4-12(9-24)17-22-21-16(10-25)23(17)2/h5-6,8,12,25H,3-4,7,9-10H2,1-2H3,(H,20,26)/t12-/m1/s1. The van der Waals surface area contributed by atoms with Gasteiger partial charge in [-0.15, -0.1) is 21.5 Å². The minimum absolute atomic E-state index is 0.107. The summed E-state index contributed by atoms with van der Waals surface area (Å²) in [5.41, 5.74) is 1.73. The highest BCUT2D eigenvalue weighted by atomic mass is 32.1. The lowest BCUT2D eigenvalue weighted by atomic mass is 9.97. The van der Waals surface area contributed by atoms with Gasteiger partial charge in [0.25, 0.3) is 0 Å².